The molecule has 0 fully saturated rings. The van der Waals surface area contributed by atoms with E-state index in [0.717, 1.165) is 22.4 Å². The SMILES string of the molecule is Cn1c(C(N)Cc2ccc(O)c(O)c2)nc2cnccc21. The van der Waals surface area contributed by atoms with Gasteiger partial charge in [0.1, 0.15) is 11.3 Å². The number of hydrogen-bond donors (Lipinski definition) is 3. The van der Waals surface area contributed by atoms with Crippen LogP contribution >= 0.6 is 0 Å². The van der Waals surface area contributed by atoms with Crippen LogP contribution < -0.4 is 5.73 Å². The Morgan fingerprint density at radius 2 is 2.05 bits per heavy atom. The topological polar surface area (TPSA) is 97.2 Å². The average Bonchev–Trinajstić information content (AvgIpc) is 2.81. The third-order valence-electron chi connectivity index (χ3n) is 3.54. The van der Waals surface area contributed by atoms with E-state index in [-0.39, 0.29) is 17.5 Å². The molecule has 0 spiro atoms. The maximum atomic E-state index is 9.53. The molecule has 0 aliphatic rings. The number of imidazole rings is 1. The predicted octanol–water partition coefficient (Wildman–Crippen LogP) is 1.62. The molecular formula is C15H16N4O2. The minimum absolute atomic E-state index is 0.138. The molecule has 108 valence electrons. The first kappa shape index (κ1) is 13.4. The Hall–Kier alpha value is -2.60. The number of aromatic nitrogens is 3. The zero-order valence-corrected chi connectivity index (χ0v) is 11.6. The van der Waals surface area contributed by atoms with E-state index in [1.807, 2.05) is 17.7 Å². The molecule has 6 nitrogen and oxygen atoms in total. The largest absolute Gasteiger partial charge is 0.504 e. The molecule has 1 aromatic carbocycles. The van der Waals surface area contributed by atoms with Crippen molar-refractivity contribution < 1.29 is 10.2 Å². The molecule has 4 N–H and O–H groups in total. The van der Waals surface area contributed by atoms with Gasteiger partial charge in [0.25, 0.3) is 0 Å². The Kier molecular flexibility index (Phi) is 3.23. The molecule has 1 unspecified atom stereocenters. The molecule has 2 aromatic heterocycles. The van der Waals surface area contributed by atoms with Crippen LogP contribution in [0, 0.1) is 0 Å². The first-order chi connectivity index (χ1) is 10.1. The summed E-state index contributed by atoms with van der Waals surface area (Å²) < 4.78 is 1.95. The molecule has 3 aromatic rings. The van der Waals surface area contributed by atoms with Crippen molar-refractivity contribution in [2.24, 2.45) is 12.8 Å². The highest BCUT2D eigenvalue weighted by molar-refractivity contribution is 5.74. The molecule has 21 heavy (non-hydrogen) atoms. The zero-order valence-electron chi connectivity index (χ0n) is 11.6. The van der Waals surface area contributed by atoms with Gasteiger partial charge >= 0.3 is 0 Å². The van der Waals surface area contributed by atoms with Crippen LogP contribution in [0.4, 0.5) is 0 Å². The number of pyridine rings is 1. The zero-order chi connectivity index (χ0) is 15.0. The fraction of sp³-hybridized carbons (Fsp3) is 0.200. The van der Waals surface area contributed by atoms with Gasteiger partial charge in [-0.1, -0.05) is 6.07 Å². The number of rotatable bonds is 3. The van der Waals surface area contributed by atoms with E-state index in [0.29, 0.717) is 6.42 Å². The highest BCUT2D eigenvalue weighted by atomic mass is 16.3. The summed E-state index contributed by atoms with van der Waals surface area (Å²) in [4.78, 5) is 8.57. The van der Waals surface area contributed by atoms with Gasteiger partial charge in [-0.3, -0.25) is 4.98 Å². The van der Waals surface area contributed by atoms with E-state index < -0.39 is 0 Å². The van der Waals surface area contributed by atoms with Crippen molar-refractivity contribution in [2.75, 3.05) is 0 Å². The van der Waals surface area contributed by atoms with Crippen LogP contribution in [0.15, 0.2) is 36.7 Å². The van der Waals surface area contributed by atoms with E-state index in [1.165, 1.54) is 12.1 Å². The van der Waals surface area contributed by atoms with Crippen molar-refractivity contribution in [3.8, 4) is 11.5 Å². The standard InChI is InChI=1S/C15H16N4O2/c1-19-12-4-5-17-8-11(12)18-15(19)10(16)6-9-2-3-13(20)14(21)7-9/h2-5,7-8,10,20-21H,6,16H2,1H3. The van der Waals surface area contributed by atoms with E-state index in [2.05, 4.69) is 9.97 Å². The highest BCUT2D eigenvalue weighted by Crippen LogP contribution is 2.27. The lowest BCUT2D eigenvalue weighted by Crippen LogP contribution is -2.17. The highest BCUT2D eigenvalue weighted by Gasteiger charge is 2.16. The van der Waals surface area contributed by atoms with Crippen molar-refractivity contribution in [1.29, 1.82) is 0 Å². The van der Waals surface area contributed by atoms with Gasteiger partial charge in [-0.25, -0.2) is 4.98 Å². The quantitative estimate of drug-likeness (QED) is 0.635. The van der Waals surface area contributed by atoms with Crippen molar-refractivity contribution in [3.05, 3.63) is 48.0 Å². The van der Waals surface area contributed by atoms with Crippen molar-refractivity contribution in [2.45, 2.75) is 12.5 Å². The number of aryl methyl sites for hydroxylation is 1. The summed E-state index contributed by atoms with van der Waals surface area (Å²) in [6, 6.07) is 6.28. The lowest BCUT2D eigenvalue weighted by atomic mass is 10.1. The number of hydrogen-bond acceptors (Lipinski definition) is 5. The fourth-order valence-electron chi connectivity index (χ4n) is 2.44. The number of nitrogens with zero attached hydrogens (tertiary/aromatic N) is 3. The van der Waals surface area contributed by atoms with Crippen LogP contribution in [0.2, 0.25) is 0 Å². The summed E-state index contributed by atoms with van der Waals surface area (Å²) in [7, 11) is 1.92. The van der Waals surface area contributed by atoms with Crippen LogP contribution in [-0.2, 0) is 13.5 Å². The molecule has 0 saturated carbocycles. The van der Waals surface area contributed by atoms with Gasteiger partial charge in [-0.15, -0.1) is 0 Å². The summed E-state index contributed by atoms with van der Waals surface area (Å²) >= 11 is 0. The Balaban J connectivity index is 1.91. The second kappa shape index (κ2) is 5.06. The third-order valence-corrected chi connectivity index (χ3v) is 3.54. The number of phenolic OH excluding ortho intramolecular Hbond substituents is 2. The van der Waals surface area contributed by atoms with Crippen molar-refractivity contribution in [3.63, 3.8) is 0 Å². The van der Waals surface area contributed by atoms with E-state index in [9.17, 15) is 10.2 Å². The van der Waals surface area contributed by atoms with Gasteiger partial charge in [-0.2, -0.15) is 0 Å². The van der Waals surface area contributed by atoms with Gasteiger partial charge in [0.15, 0.2) is 11.5 Å². The van der Waals surface area contributed by atoms with Gasteiger partial charge < -0.3 is 20.5 Å². The number of benzene rings is 1. The van der Waals surface area contributed by atoms with Crippen molar-refractivity contribution in [1.82, 2.24) is 14.5 Å². The normalized spacial score (nSPS) is 12.7. The summed E-state index contributed by atoms with van der Waals surface area (Å²) in [6.45, 7) is 0. The predicted molar refractivity (Wildman–Crippen MR) is 78.9 cm³/mol. The maximum Gasteiger partial charge on any atom is 0.157 e. The molecule has 2 heterocycles. The van der Waals surface area contributed by atoms with Crippen LogP contribution in [0.5, 0.6) is 11.5 Å². The molecule has 1 atom stereocenters. The smallest absolute Gasteiger partial charge is 0.157 e. The first-order valence-electron chi connectivity index (χ1n) is 6.59. The summed E-state index contributed by atoms with van der Waals surface area (Å²) in [6.07, 6.45) is 3.94. The number of phenols is 2. The molecule has 0 amide bonds. The minimum Gasteiger partial charge on any atom is -0.504 e. The third kappa shape index (κ3) is 2.41. The van der Waals surface area contributed by atoms with Crippen molar-refractivity contribution >= 4 is 11.0 Å². The average molecular weight is 284 g/mol. The molecular weight excluding hydrogens is 268 g/mol. The van der Waals surface area contributed by atoms with E-state index in [4.69, 9.17) is 5.73 Å². The van der Waals surface area contributed by atoms with Gasteiger partial charge in [0.2, 0.25) is 0 Å². The molecule has 0 aliphatic heterocycles. The van der Waals surface area contributed by atoms with Gasteiger partial charge in [0.05, 0.1) is 17.8 Å². The Labute approximate surface area is 121 Å². The van der Waals surface area contributed by atoms with E-state index in [1.54, 1.807) is 18.5 Å². The van der Waals surface area contributed by atoms with Crippen LogP contribution in [0.3, 0.4) is 0 Å². The molecule has 0 saturated heterocycles. The summed E-state index contributed by atoms with van der Waals surface area (Å²) in [5.41, 5.74) is 8.85. The minimum atomic E-state index is -0.314. The molecule has 0 aliphatic carbocycles. The lowest BCUT2D eigenvalue weighted by Gasteiger charge is -2.12. The first-order valence-corrected chi connectivity index (χ1v) is 6.59. The number of nitrogens with two attached hydrogens (primary N) is 1. The number of fused-ring (bicyclic) bond motifs is 1. The molecule has 6 heteroatoms. The monoisotopic (exact) mass is 284 g/mol. The van der Waals surface area contributed by atoms with E-state index >= 15 is 0 Å². The van der Waals surface area contributed by atoms with Crippen LogP contribution in [0.1, 0.15) is 17.4 Å². The maximum absolute atomic E-state index is 9.53. The molecule has 0 bridgehead atoms. The second-order valence-electron chi connectivity index (χ2n) is 5.03. The fourth-order valence-corrected chi connectivity index (χ4v) is 2.44. The van der Waals surface area contributed by atoms with Crippen LogP contribution in [0.25, 0.3) is 11.0 Å². The number of aromatic hydroxyl groups is 2. The van der Waals surface area contributed by atoms with Gasteiger partial charge in [0, 0.05) is 13.2 Å². The second-order valence-corrected chi connectivity index (χ2v) is 5.03. The Morgan fingerprint density at radius 1 is 1.24 bits per heavy atom. The Bertz CT molecular complexity index is 797. The summed E-state index contributed by atoms with van der Waals surface area (Å²) in [5.74, 6) is 0.473. The molecule has 0 radical (unpaired) electrons. The lowest BCUT2D eigenvalue weighted by molar-refractivity contribution is 0.403. The Morgan fingerprint density at radius 3 is 2.76 bits per heavy atom. The molecule has 3 rings (SSSR count). The van der Waals surface area contributed by atoms with Gasteiger partial charge in [-0.05, 0) is 30.2 Å². The van der Waals surface area contributed by atoms with Crippen LogP contribution in [-0.4, -0.2) is 24.7 Å². The summed E-state index contributed by atoms with van der Waals surface area (Å²) in [5, 5.41) is 18.9.